The second kappa shape index (κ2) is 11.8. The van der Waals surface area contributed by atoms with Gasteiger partial charge in [0.1, 0.15) is 22.8 Å². The normalized spacial score (nSPS) is 27.0. The molecule has 13 nitrogen and oxygen atoms in total. The number of rotatable bonds is 5. The third-order valence-corrected chi connectivity index (χ3v) is 9.48. The number of amides is 3. The molecule has 9 N–H and O–H groups in total. The molecule has 2 aromatic carbocycles. The maximum atomic E-state index is 14.1. The van der Waals surface area contributed by atoms with Gasteiger partial charge in [0.15, 0.2) is 11.4 Å². The van der Waals surface area contributed by atoms with Crippen LogP contribution in [0.3, 0.4) is 0 Å². The quantitative estimate of drug-likeness (QED) is 0.130. The average Bonchev–Trinajstić information content (AvgIpc) is 2.99. The topological polar surface area (TPSA) is 223 Å². The van der Waals surface area contributed by atoms with E-state index >= 15 is 0 Å². The van der Waals surface area contributed by atoms with Crippen LogP contribution in [0.25, 0.3) is 5.76 Å². The molecule has 1 fully saturated rings. The number of aliphatic hydroxyl groups excluding tert-OH is 3. The molecular formula is C31H30ClF3N4O9. The van der Waals surface area contributed by atoms with Crippen molar-refractivity contribution in [1.82, 2.24) is 4.90 Å². The number of ketones is 2. The van der Waals surface area contributed by atoms with Gasteiger partial charge >= 0.3 is 12.2 Å². The van der Waals surface area contributed by atoms with E-state index in [0.29, 0.717) is 0 Å². The Balaban J connectivity index is 1.59. The van der Waals surface area contributed by atoms with Crippen LogP contribution in [0.2, 0.25) is 0 Å². The van der Waals surface area contributed by atoms with Crippen LogP contribution in [0.5, 0.6) is 5.75 Å². The highest BCUT2D eigenvalue weighted by atomic mass is 35.5. The van der Waals surface area contributed by atoms with Crippen molar-refractivity contribution in [1.29, 1.82) is 0 Å². The number of Topliss-reactive ketones (excluding diaryl/α,β-unsaturated/α-hetero) is 2. The second-order valence-electron chi connectivity index (χ2n) is 12.1. The molecule has 17 heteroatoms. The number of nitrogens with zero attached hydrogens (tertiary/aromatic N) is 1. The van der Waals surface area contributed by atoms with Crippen molar-refractivity contribution in [2.24, 2.45) is 17.6 Å². The number of alkyl halides is 4. The highest BCUT2D eigenvalue weighted by Crippen LogP contribution is 2.56. The molecule has 0 bridgehead atoms. The first-order chi connectivity index (χ1) is 22.3. The number of aromatic hydroxyl groups is 1. The molecule has 2 aromatic rings. The lowest BCUT2D eigenvalue weighted by molar-refractivity contribution is -0.169. The number of fused-ring (bicyclic) bond motifs is 3. The van der Waals surface area contributed by atoms with E-state index in [4.69, 9.17) is 17.3 Å². The van der Waals surface area contributed by atoms with Crippen LogP contribution in [-0.2, 0) is 26.4 Å². The zero-order valence-electron chi connectivity index (χ0n) is 25.4. The Labute approximate surface area is 275 Å². The van der Waals surface area contributed by atoms with Crippen molar-refractivity contribution in [2.45, 2.75) is 42.6 Å². The Morgan fingerprint density at radius 2 is 1.67 bits per heavy atom. The number of carbonyl (C=O) groups excluding carboxylic acids is 4. The molecule has 256 valence electrons. The number of carbonyl (C=O) groups is 4. The summed E-state index contributed by atoms with van der Waals surface area (Å²) in [7, 11) is 2.76. The van der Waals surface area contributed by atoms with E-state index in [2.05, 4.69) is 10.6 Å². The Bertz CT molecular complexity index is 1840. The maximum Gasteiger partial charge on any atom is 0.418 e. The molecule has 5 rings (SSSR count). The number of benzene rings is 2. The Morgan fingerprint density at radius 1 is 1.06 bits per heavy atom. The maximum absolute atomic E-state index is 14.1. The summed E-state index contributed by atoms with van der Waals surface area (Å²) in [5.41, 5.74) is -1.89. The minimum atomic E-state index is -4.86. The number of anilines is 2. The molecule has 0 aromatic heterocycles. The Hall–Kier alpha value is -4.64. The number of halogens is 4. The molecule has 3 unspecified atom stereocenters. The van der Waals surface area contributed by atoms with Crippen LogP contribution in [0.4, 0.5) is 29.3 Å². The van der Waals surface area contributed by atoms with Crippen molar-refractivity contribution in [3.05, 3.63) is 69.5 Å². The summed E-state index contributed by atoms with van der Waals surface area (Å²) in [5.74, 6) is -11.3. The van der Waals surface area contributed by atoms with Gasteiger partial charge in [-0.15, -0.1) is 11.6 Å². The van der Waals surface area contributed by atoms with Crippen LogP contribution in [0.15, 0.2) is 47.2 Å². The van der Waals surface area contributed by atoms with E-state index in [0.717, 1.165) is 12.1 Å². The first-order valence-corrected chi connectivity index (χ1v) is 14.8. The number of hydrogen-bond acceptors (Lipinski definition) is 10. The fourth-order valence-corrected chi connectivity index (χ4v) is 7.18. The van der Waals surface area contributed by atoms with E-state index in [9.17, 15) is 57.9 Å². The highest BCUT2D eigenvalue weighted by molar-refractivity contribution is 6.24. The minimum absolute atomic E-state index is 0.142. The molecule has 3 aliphatic carbocycles. The standard InChI is InChI=1S/C31H30ClF3N4O9/c1-10-12-5-7-15(38-29(47)37-14-6-4-11(9-32)8-13(14)31(33,34)35)22(40)17(12)23(41)18-16(10)24(42)20-21(39(2)3)25(43)19(28(36)46)27(45)30(20,48)26(18)44/h4-8,10,16,20-21,24,40-42,45,48H,9H2,1-3H3,(H2,36,46)(H2,37,38,47)/t10-,16?,20?,21-,24?,30-/m0/s1. The van der Waals surface area contributed by atoms with Gasteiger partial charge in [0.05, 0.1) is 40.6 Å². The summed E-state index contributed by atoms with van der Waals surface area (Å²) in [5, 5.41) is 61.3. The predicted octanol–water partition coefficient (Wildman–Crippen LogP) is 2.90. The molecule has 3 amide bonds. The zero-order chi connectivity index (χ0) is 35.8. The largest absolute Gasteiger partial charge is 0.508 e. The zero-order valence-corrected chi connectivity index (χ0v) is 26.1. The minimum Gasteiger partial charge on any atom is -0.508 e. The van der Waals surface area contributed by atoms with Crippen molar-refractivity contribution >= 4 is 52.2 Å². The van der Waals surface area contributed by atoms with Gasteiger partial charge in [-0.05, 0) is 49.3 Å². The number of phenolic OH excluding ortho intramolecular Hbond substituents is 1. The monoisotopic (exact) mass is 694 g/mol. The number of nitrogens with one attached hydrogen (secondary N) is 2. The summed E-state index contributed by atoms with van der Waals surface area (Å²) < 4.78 is 41.0. The SMILES string of the molecule is C[C@H]1c2ccc(NC(=O)Nc3ccc(CCl)cc3C(F)(F)F)c(O)c2C(O)=C2C(=O)[C@]3(O)C(O)=C(C(N)=O)C(=O)[C@@H](N(C)C)C3C(O)C21. The number of phenols is 1. The molecule has 3 aliphatic rings. The number of primary amides is 1. The highest BCUT2D eigenvalue weighted by Gasteiger charge is 2.68. The molecule has 0 aliphatic heterocycles. The fourth-order valence-electron chi connectivity index (χ4n) is 7.01. The van der Waals surface area contributed by atoms with E-state index in [1.54, 1.807) is 0 Å². The molecule has 48 heavy (non-hydrogen) atoms. The predicted molar refractivity (Wildman–Crippen MR) is 164 cm³/mol. The lowest BCUT2D eigenvalue weighted by atomic mass is 9.54. The van der Waals surface area contributed by atoms with Crippen LogP contribution in [0.1, 0.15) is 35.1 Å². The van der Waals surface area contributed by atoms with Gasteiger partial charge in [0.25, 0.3) is 5.91 Å². The third kappa shape index (κ3) is 5.06. The molecule has 0 spiro atoms. The summed E-state index contributed by atoms with van der Waals surface area (Å²) in [6.45, 7) is 1.51. The van der Waals surface area contributed by atoms with Crippen molar-refractivity contribution in [2.75, 3.05) is 24.7 Å². The molecular weight excluding hydrogens is 665 g/mol. The molecule has 6 atom stereocenters. The van der Waals surface area contributed by atoms with Crippen LogP contribution < -0.4 is 16.4 Å². The van der Waals surface area contributed by atoms with E-state index in [1.165, 1.54) is 44.1 Å². The molecule has 0 saturated heterocycles. The number of urea groups is 1. The van der Waals surface area contributed by atoms with E-state index < -0.39 is 116 Å². The van der Waals surface area contributed by atoms with Crippen LogP contribution in [0, 0.1) is 11.8 Å². The second-order valence-corrected chi connectivity index (χ2v) is 12.3. The average molecular weight is 695 g/mol. The lowest BCUT2D eigenvalue weighted by Gasteiger charge is -2.53. The van der Waals surface area contributed by atoms with E-state index in [-0.39, 0.29) is 17.0 Å². The van der Waals surface area contributed by atoms with Gasteiger partial charge in [-0.25, -0.2) is 4.79 Å². The summed E-state index contributed by atoms with van der Waals surface area (Å²) in [6, 6.07) is 2.79. The van der Waals surface area contributed by atoms with Gasteiger partial charge in [0.2, 0.25) is 5.78 Å². The third-order valence-electron chi connectivity index (χ3n) is 9.17. The first-order valence-electron chi connectivity index (χ1n) is 14.3. The Morgan fingerprint density at radius 3 is 2.23 bits per heavy atom. The smallest absolute Gasteiger partial charge is 0.418 e. The van der Waals surface area contributed by atoms with Crippen molar-refractivity contribution in [3.8, 4) is 5.75 Å². The summed E-state index contributed by atoms with van der Waals surface area (Å²) >= 11 is 5.65. The Kier molecular flexibility index (Phi) is 8.53. The van der Waals surface area contributed by atoms with Gasteiger partial charge < -0.3 is 41.9 Å². The van der Waals surface area contributed by atoms with Gasteiger partial charge in [-0.3, -0.25) is 19.3 Å². The fraction of sp³-hybridized carbons (Fsp3) is 0.355. The molecule has 0 heterocycles. The number of hydrogen-bond donors (Lipinski definition) is 8. The van der Waals surface area contributed by atoms with Crippen molar-refractivity contribution < 1.29 is 57.9 Å². The van der Waals surface area contributed by atoms with Gasteiger partial charge in [0, 0.05) is 17.4 Å². The van der Waals surface area contributed by atoms with E-state index in [1.807, 2.05) is 0 Å². The van der Waals surface area contributed by atoms with Gasteiger partial charge in [-0.2, -0.15) is 13.2 Å². The number of aliphatic hydroxyl groups is 4. The summed E-state index contributed by atoms with van der Waals surface area (Å²) in [6.07, 6.45) is -6.66. The lowest BCUT2D eigenvalue weighted by Crippen LogP contribution is -2.70. The van der Waals surface area contributed by atoms with Crippen LogP contribution in [-0.4, -0.2) is 85.8 Å². The van der Waals surface area contributed by atoms with Crippen molar-refractivity contribution in [3.63, 3.8) is 0 Å². The number of likely N-dealkylation sites (N-methyl/N-ethyl adjacent to an activating group) is 1. The van der Waals surface area contributed by atoms with Gasteiger partial charge in [-0.1, -0.05) is 19.1 Å². The molecule has 1 saturated carbocycles. The number of nitrogens with two attached hydrogens (primary N) is 1. The van der Waals surface area contributed by atoms with Crippen LogP contribution >= 0.6 is 11.6 Å². The molecule has 0 radical (unpaired) electrons. The first kappa shape index (κ1) is 34.7. The summed E-state index contributed by atoms with van der Waals surface area (Å²) in [4.78, 5) is 53.6.